The fourth-order valence-electron chi connectivity index (χ4n) is 2.96. The van der Waals surface area contributed by atoms with Crippen LogP contribution in [0.1, 0.15) is 36.5 Å². The minimum atomic E-state index is -1.09. The summed E-state index contributed by atoms with van der Waals surface area (Å²) in [5.74, 6) is -2.98. The fraction of sp³-hybridized carbons (Fsp3) is 0.200. The zero-order chi connectivity index (χ0) is 19.7. The Hall–Kier alpha value is -2.31. The molecule has 3 rings (SSSR count). The summed E-state index contributed by atoms with van der Waals surface area (Å²) in [5, 5.41) is 10.6. The molecule has 0 saturated carbocycles. The van der Waals surface area contributed by atoms with Crippen LogP contribution in [-0.4, -0.2) is 10.1 Å². The van der Waals surface area contributed by atoms with Crippen LogP contribution in [0.25, 0.3) is 10.8 Å². The van der Waals surface area contributed by atoms with Gasteiger partial charge in [-0.1, -0.05) is 24.6 Å². The van der Waals surface area contributed by atoms with Crippen LogP contribution in [0.3, 0.4) is 0 Å². The standard InChI is InChI=1S/C20H16ClF3NO2/c1-10(2-5-19(26)11-3-4-16(22)15(21)6-11)14-9-25-20(27)13-8-18(24)17(23)7-12(13)14/h2-4,6-10,19,26H,5H2,1H3,(H,25,27). The zero-order valence-electron chi connectivity index (χ0n) is 14.3. The number of hydrogen-bond acceptors (Lipinski definition) is 2. The quantitative estimate of drug-likeness (QED) is 0.637. The maximum Gasteiger partial charge on any atom is 0.255 e. The van der Waals surface area contributed by atoms with Crippen LogP contribution < -0.4 is 5.56 Å². The van der Waals surface area contributed by atoms with Crippen LogP contribution >= 0.6 is 11.6 Å². The molecule has 1 heterocycles. The van der Waals surface area contributed by atoms with E-state index in [9.17, 15) is 23.1 Å². The van der Waals surface area contributed by atoms with Gasteiger partial charge in [-0.15, -0.1) is 0 Å². The Kier molecular flexibility index (Phi) is 5.58. The highest BCUT2D eigenvalue weighted by molar-refractivity contribution is 6.30. The largest absolute Gasteiger partial charge is 0.388 e. The van der Waals surface area contributed by atoms with Crippen molar-refractivity contribution in [3.05, 3.63) is 86.9 Å². The SMILES string of the molecule is CC([CH]CC(O)c1ccc(F)c(Cl)c1)c1c[nH]c(=O)c2cc(F)c(F)cc12. The van der Waals surface area contributed by atoms with E-state index in [1.165, 1.54) is 24.4 Å². The van der Waals surface area contributed by atoms with Gasteiger partial charge in [0.1, 0.15) is 5.82 Å². The van der Waals surface area contributed by atoms with E-state index in [4.69, 9.17) is 11.6 Å². The van der Waals surface area contributed by atoms with Crippen molar-refractivity contribution in [2.24, 2.45) is 0 Å². The molecule has 0 aliphatic rings. The van der Waals surface area contributed by atoms with Gasteiger partial charge in [0, 0.05) is 6.20 Å². The van der Waals surface area contributed by atoms with Gasteiger partial charge in [0.2, 0.25) is 0 Å². The molecule has 0 fully saturated rings. The lowest BCUT2D eigenvalue weighted by molar-refractivity contribution is 0.175. The molecular formula is C20H16ClF3NO2. The van der Waals surface area contributed by atoms with Crippen LogP contribution in [0.4, 0.5) is 13.2 Å². The average molecular weight is 395 g/mol. The molecule has 2 unspecified atom stereocenters. The van der Waals surface area contributed by atoms with Crippen molar-refractivity contribution in [1.29, 1.82) is 0 Å². The zero-order valence-corrected chi connectivity index (χ0v) is 15.0. The van der Waals surface area contributed by atoms with Crippen molar-refractivity contribution in [2.45, 2.75) is 25.4 Å². The molecule has 141 valence electrons. The van der Waals surface area contributed by atoms with Gasteiger partial charge < -0.3 is 10.1 Å². The van der Waals surface area contributed by atoms with E-state index in [0.29, 0.717) is 16.5 Å². The smallest absolute Gasteiger partial charge is 0.255 e. The van der Waals surface area contributed by atoms with Crippen molar-refractivity contribution in [1.82, 2.24) is 4.98 Å². The molecule has 27 heavy (non-hydrogen) atoms. The Bertz CT molecular complexity index is 1050. The molecule has 0 spiro atoms. The van der Waals surface area contributed by atoms with Crippen LogP contribution in [0.2, 0.25) is 5.02 Å². The number of benzene rings is 2. The molecule has 0 amide bonds. The van der Waals surface area contributed by atoms with E-state index >= 15 is 0 Å². The first-order valence-electron chi connectivity index (χ1n) is 8.24. The summed E-state index contributed by atoms with van der Waals surface area (Å²) < 4.78 is 40.3. The molecule has 3 nitrogen and oxygen atoms in total. The van der Waals surface area contributed by atoms with Crippen molar-refractivity contribution in [3.8, 4) is 0 Å². The highest BCUT2D eigenvalue weighted by Crippen LogP contribution is 2.30. The molecule has 0 saturated heterocycles. The molecular weight excluding hydrogens is 379 g/mol. The molecule has 2 N–H and O–H groups in total. The van der Waals surface area contributed by atoms with Gasteiger partial charge >= 0.3 is 0 Å². The summed E-state index contributed by atoms with van der Waals surface area (Å²) in [6.45, 7) is 1.80. The highest BCUT2D eigenvalue weighted by atomic mass is 35.5. The number of nitrogens with one attached hydrogen (secondary N) is 1. The van der Waals surface area contributed by atoms with Gasteiger partial charge in [0.25, 0.3) is 5.56 Å². The number of fused-ring (bicyclic) bond motifs is 1. The Labute approximate surface area is 158 Å². The molecule has 2 atom stereocenters. The van der Waals surface area contributed by atoms with Gasteiger partial charge in [0.15, 0.2) is 11.6 Å². The molecule has 0 bridgehead atoms. The maximum atomic E-state index is 13.6. The predicted molar refractivity (Wildman–Crippen MR) is 98.2 cm³/mol. The Morgan fingerprint density at radius 2 is 1.78 bits per heavy atom. The van der Waals surface area contributed by atoms with Crippen molar-refractivity contribution in [3.63, 3.8) is 0 Å². The number of halogens is 4. The number of aliphatic hydroxyl groups excluding tert-OH is 1. The maximum absolute atomic E-state index is 13.6. The summed E-state index contributed by atoms with van der Waals surface area (Å²) in [7, 11) is 0. The summed E-state index contributed by atoms with van der Waals surface area (Å²) in [6.07, 6.45) is 2.53. The predicted octanol–water partition coefficient (Wildman–Crippen LogP) is 5.03. The van der Waals surface area contributed by atoms with Gasteiger partial charge in [-0.05, 0) is 59.5 Å². The number of aliphatic hydroxyl groups is 1. The van der Waals surface area contributed by atoms with Crippen LogP contribution in [0, 0.1) is 23.9 Å². The Morgan fingerprint density at radius 1 is 1.11 bits per heavy atom. The molecule has 0 aliphatic heterocycles. The second-order valence-corrected chi connectivity index (χ2v) is 6.74. The summed E-state index contributed by atoms with van der Waals surface area (Å²) in [5.41, 5.74) is 0.540. The second-order valence-electron chi connectivity index (χ2n) is 6.33. The monoisotopic (exact) mass is 394 g/mol. The summed E-state index contributed by atoms with van der Waals surface area (Å²) in [6, 6.07) is 5.84. The number of hydrogen-bond donors (Lipinski definition) is 2. The molecule has 2 aromatic carbocycles. The number of rotatable bonds is 5. The van der Waals surface area contributed by atoms with E-state index in [2.05, 4.69) is 4.98 Å². The van der Waals surface area contributed by atoms with Gasteiger partial charge in [-0.25, -0.2) is 13.2 Å². The van der Waals surface area contributed by atoms with Crippen molar-refractivity contribution < 1.29 is 18.3 Å². The minimum Gasteiger partial charge on any atom is -0.388 e. The number of aromatic nitrogens is 1. The lowest BCUT2D eigenvalue weighted by atomic mass is 9.91. The third-order valence-corrected chi connectivity index (χ3v) is 4.80. The molecule has 7 heteroatoms. The fourth-order valence-corrected chi connectivity index (χ4v) is 3.15. The Balaban J connectivity index is 1.83. The lowest BCUT2D eigenvalue weighted by Gasteiger charge is -2.17. The number of pyridine rings is 1. The molecule has 1 radical (unpaired) electrons. The van der Waals surface area contributed by atoms with Crippen molar-refractivity contribution >= 4 is 22.4 Å². The van der Waals surface area contributed by atoms with E-state index in [-0.39, 0.29) is 22.7 Å². The number of H-pyrrole nitrogens is 1. The summed E-state index contributed by atoms with van der Waals surface area (Å²) >= 11 is 5.73. The molecule has 3 aromatic rings. The minimum absolute atomic E-state index is 0.0533. The van der Waals surface area contributed by atoms with Gasteiger partial charge in [0.05, 0.1) is 16.5 Å². The van der Waals surface area contributed by atoms with Crippen molar-refractivity contribution in [2.75, 3.05) is 0 Å². The van der Waals surface area contributed by atoms with Crippen LogP contribution in [0.15, 0.2) is 41.3 Å². The normalized spacial score (nSPS) is 13.7. The van der Waals surface area contributed by atoms with Crippen LogP contribution in [0.5, 0.6) is 0 Å². The third-order valence-electron chi connectivity index (χ3n) is 4.51. The van der Waals surface area contributed by atoms with Crippen LogP contribution in [-0.2, 0) is 0 Å². The second kappa shape index (κ2) is 7.74. The van der Waals surface area contributed by atoms with Gasteiger partial charge in [-0.3, -0.25) is 4.79 Å². The van der Waals surface area contributed by atoms with E-state index < -0.39 is 29.1 Å². The van der Waals surface area contributed by atoms with E-state index in [1.54, 1.807) is 13.3 Å². The topological polar surface area (TPSA) is 53.1 Å². The van der Waals surface area contributed by atoms with E-state index in [0.717, 1.165) is 12.1 Å². The molecule has 0 aliphatic carbocycles. The summed E-state index contributed by atoms with van der Waals surface area (Å²) in [4.78, 5) is 14.4. The highest BCUT2D eigenvalue weighted by Gasteiger charge is 2.17. The molecule has 1 aromatic heterocycles. The lowest BCUT2D eigenvalue weighted by Crippen LogP contribution is -2.10. The first kappa shape index (κ1) is 19.5. The van der Waals surface area contributed by atoms with Gasteiger partial charge in [-0.2, -0.15) is 0 Å². The van der Waals surface area contributed by atoms with E-state index in [1.807, 2.05) is 0 Å². The average Bonchev–Trinajstić information content (AvgIpc) is 2.63. The number of aromatic amines is 1. The first-order valence-corrected chi connectivity index (χ1v) is 8.62. The Morgan fingerprint density at radius 3 is 2.44 bits per heavy atom. The third kappa shape index (κ3) is 4.01. The first-order chi connectivity index (χ1) is 12.8.